The third-order valence-corrected chi connectivity index (χ3v) is 6.25. The van der Waals surface area contributed by atoms with E-state index in [1.165, 1.54) is 0 Å². The molecule has 7 nitrogen and oxygen atoms in total. The molecule has 0 aliphatic carbocycles. The van der Waals surface area contributed by atoms with Crippen LogP contribution in [0.15, 0.2) is 24.4 Å². The monoisotopic (exact) mass is 387 g/mol. The number of likely N-dealkylation sites (N-methyl/N-ethyl adjacent to an activating group) is 1. The highest BCUT2D eigenvalue weighted by molar-refractivity contribution is 5.83. The molecule has 0 radical (unpaired) electrons. The highest BCUT2D eigenvalue weighted by Gasteiger charge is 2.45. The Morgan fingerprint density at radius 3 is 2.79 bits per heavy atom. The van der Waals surface area contributed by atoms with Crippen LogP contribution in [0.4, 0.5) is 0 Å². The lowest BCUT2D eigenvalue weighted by Crippen LogP contribution is -2.49. The SMILES string of the molecule is CCN(CC)C(=O)CCC1CNC(=O)C2C(CCN2Cc2ccccn2)N1C. The molecule has 2 aliphatic rings. The largest absolute Gasteiger partial charge is 0.353 e. The van der Waals surface area contributed by atoms with E-state index in [1.807, 2.05) is 36.9 Å². The number of hydrogen-bond donors (Lipinski definition) is 1. The molecule has 2 saturated heterocycles. The van der Waals surface area contributed by atoms with Crippen LogP contribution in [0.2, 0.25) is 0 Å². The van der Waals surface area contributed by atoms with E-state index in [1.54, 1.807) is 6.20 Å². The zero-order chi connectivity index (χ0) is 20.1. The molecule has 1 aromatic heterocycles. The molecule has 154 valence electrons. The number of nitrogens with zero attached hydrogens (tertiary/aromatic N) is 4. The molecule has 1 aromatic rings. The summed E-state index contributed by atoms with van der Waals surface area (Å²) in [6.07, 6.45) is 4.06. The maximum atomic E-state index is 12.9. The number of pyridine rings is 1. The van der Waals surface area contributed by atoms with Gasteiger partial charge in [0, 0.05) is 57.4 Å². The Hall–Kier alpha value is -1.99. The summed E-state index contributed by atoms with van der Waals surface area (Å²) in [6, 6.07) is 6.11. The van der Waals surface area contributed by atoms with Gasteiger partial charge in [0.1, 0.15) is 6.04 Å². The minimum Gasteiger partial charge on any atom is -0.353 e. The first-order valence-corrected chi connectivity index (χ1v) is 10.5. The van der Waals surface area contributed by atoms with Gasteiger partial charge < -0.3 is 10.2 Å². The molecule has 0 aromatic carbocycles. The third kappa shape index (κ3) is 4.52. The fourth-order valence-corrected chi connectivity index (χ4v) is 4.55. The van der Waals surface area contributed by atoms with E-state index in [0.29, 0.717) is 19.5 Å². The lowest BCUT2D eigenvalue weighted by molar-refractivity contribution is -0.131. The van der Waals surface area contributed by atoms with E-state index in [9.17, 15) is 9.59 Å². The van der Waals surface area contributed by atoms with E-state index >= 15 is 0 Å². The summed E-state index contributed by atoms with van der Waals surface area (Å²) in [5.41, 5.74) is 0.990. The summed E-state index contributed by atoms with van der Waals surface area (Å²) in [5, 5.41) is 3.13. The van der Waals surface area contributed by atoms with Crippen molar-refractivity contribution >= 4 is 11.8 Å². The van der Waals surface area contributed by atoms with Gasteiger partial charge in [0.05, 0.1) is 5.69 Å². The van der Waals surface area contributed by atoms with Crippen LogP contribution >= 0.6 is 0 Å². The molecule has 0 bridgehead atoms. The number of hydrogen-bond acceptors (Lipinski definition) is 5. The lowest BCUT2D eigenvalue weighted by atomic mass is 10.0. The smallest absolute Gasteiger partial charge is 0.239 e. The van der Waals surface area contributed by atoms with Gasteiger partial charge in [-0.2, -0.15) is 0 Å². The first-order chi connectivity index (χ1) is 13.5. The van der Waals surface area contributed by atoms with Gasteiger partial charge in [-0.3, -0.25) is 24.4 Å². The third-order valence-electron chi connectivity index (χ3n) is 6.25. The zero-order valence-electron chi connectivity index (χ0n) is 17.3. The maximum absolute atomic E-state index is 12.9. The zero-order valence-corrected chi connectivity index (χ0v) is 17.3. The Morgan fingerprint density at radius 2 is 2.11 bits per heavy atom. The van der Waals surface area contributed by atoms with Crippen molar-refractivity contribution in [3.8, 4) is 0 Å². The van der Waals surface area contributed by atoms with Crippen LogP contribution in [-0.2, 0) is 16.1 Å². The van der Waals surface area contributed by atoms with Crippen LogP contribution in [0.25, 0.3) is 0 Å². The van der Waals surface area contributed by atoms with E-state index in [-0.39, 0.29) is 29.9 Å². The number of amides is 2. The summed E-state index contributed by atoms with van der Waals surface area (Å²) in [6.45, 7) is 7.70. The van der Waals surface area contributed by atoms with E-state index < -0.39 is 0 Å². The molecule has 1 N–H and O–H groups in total. The van der Waals surface area contributed by atoms with Gasteiger partial charge in [-0.25, -0.2) is 0 Å². The summed E-state index contributed by atoms with van der Waals surface area (Å²) in [4.78, 5) is 36.1. The van der Waals surface area contributed by atoms with Crippen molar-refractivity contribution < 1.29 is 9.59 Å². The van der Waals surface area contributed by atoms with Gasteiger partial charge in [-0.05, 0) is 45.9 Å². The van der Waals surface area contributed by atoms with Crippen molar-refractivity contribution in [2.75, 3.05) is 33.2 Å². The minimum absolute atomic E-state index is 0.0999. The van der Waals surface area contributed by atoms with Gasteiger partial charge in [0.2, 0.25) is 11.8 Å². The molecule has 2 aliphatic heterocycles. The lowest BCUT2D eigenvalue weighted by Gasteiger charge is -2.33. The van der Waals surface area contributed by atoms with Gasteiger partial charge in [0.15, 0.2) is 0 Å². The molecule has 3 atom stereocenters. The number of carbonyl (C=O) groups is 2. The highest BCUT2D eigenvalue weighted by atomic mass is 16.2. The number of carbonyl (C=O) groups excluding carboxylic acids is 2. The molecule has 7 heteroatoms. The fourth-order valence-electron chi connectivity index (χ4n) is 4.55. The second kappa shape index (κ2) is 9.47. The van der Waals surface area contributed by atoms with Gasteiger partial charge in [-0.1, -0.05) is 6.07 Å². The predicted molar refractivity (Wildman–Crippen MR) is 109 cm³/mol. The van der Waals surface area contributed by atoms with Gasteiger partial charge >= 0.3 is 0 Å². The molecular weight excluding hydrogens is 354 g/mol. The van der Waals surface area contributed by atoms with E-state index in [0.717, 1.165) is 38.2 Å². The Kier molecular flexibility index (Phi) is 7.02. The number of nitrogens with one attached hydrogen (secondary N) is 1. The number of likely N-dealkylation sites (tertiary alicyclic amines) is 1. The quantitative estimate of drug-likeness (QED) is 0.759. The first-order valence-electron chi connectivity index (χ1n) is 10.5. The average molecular weight is 388 g/mol. The van der Waals surface area contributed by atoms with Gasteiger partial charge in [0.25, 0.3) is 0 Å². The Bertz CT molecular complexity index is 664. The standard InChI is InChI=1S/C21H33N5O2/c1-4-25(5-2)19(27)10-9-17-14-23-21(28)20-18(24(17)3)11-13-26(20)15-16-8-6-7-12-22-16/h6-8,12,17-18,20H,4-5,9-11,13-15H2,1-3H3,(H,23,28). The topological polar surface area (TPSA) is 68.8 Å². The first kappa shape index (κ1) is 20.7. The summed E-state index contributed by atoms with van der Waals surface area (Å²) in [7, 11) is 2.11. The van der Waals surface area contributed by atoms with Crippen LogP contribution in [0.1, 0.15) is 38.8 Å². The van der Waals surface area contributed by atoms with Crippen LogP contribution in [0.3, 0.4) is 0 Å². The molecule has 3 unspecified atom stereocenters. The predicted octanol–water partition coefficient (Wildman–Crippen LogP) is 1.10. The molecule has 0 saturated carbocycles. The second-order valence-corrected chi connectivity index (χ2v) is 7.76. The summed E-state index contributed by atoms with van der Waals surface area (Å²) < 4.78 is 0. The van der Waals surface area contributed by atoms with Crippen molar-refractivity contribution in [1.29, 1.82) is 0 Å². The second-order valence-electron chi connectivity index (χ2n) is 7.76. The van der Waals surface area contributed by atoms with E-state index in [2.05, 4.69) is 27.1 Å². The average Bonchev–Trinajstić information content (AvgIpc) is 3.07. The Balaban J connectivity index is 1.64. The Morgan fingerprint density at radius 1 is 1.32 bits per heavy atom. The highest BCUT2D eigenvalue weighted by Crippen LogP contribution is 2.28. The maximum Gasteiger partial charge on any atom is 0.239 e. The van der Waals surface area contributed by atoms with E-state index in [4.69, 9.17) is 0 Å². The van der Waals surface area contributed by atoms with Crippen molar-refractivity contribution in [2.24, 2.45) is 0 Å². The van der Waals surface area contributed by atoms with Crippen LogP contribution in [0, 0.1) is 0 Å². The molecule has 3 rings (SSSR count). The number of rotatable bonds is 7. The molecule has 28 heavy (non-hydrogen) atoms. The van der Waals surface area contributed by atoms with Crippen LogP contribution in [0.5, 0.6) is 0 Å². The normalized spacial score (nSPS) is 25.8. The van der Waals surface area contributed by atoms with Crippen molar-refractivity contribution in [2.45, 2.75) is 57.8 Å². The Labute approximate surface area is 168 Å². The van der Waals surface area contributed by atoms with Crippen LogP contribution in [-0.4, -0.2) is 82.9 Å². The molecule has 2 amide bonds. The summed E-state index contributed by atoms with van der Waals surface area (Å²) in [5.74, 6) is 0.302. The van der Waals surface area contributed by atoms with Crippen LogP contribution < -0.4 is 5.32 Å². The molecule has 3 heterocycles. The van der Waals surface area contributed by atoms with Crippen molar-refractivity contribution in [3.05, 3.63) is 30.1 Å². The molecular formula is C21H33N5O2. The fraction of sp³-hybridized carbons (Fsp3) is 0.667. The van der Waals surface area contributed by atoms with Crippen molar-refractivity contribution in [3.63, 3.8) is 0 Å². The minimum atomic E-state index is -0.157. The van der Waals surface area contributed by atoms with Crippen molar-refractivity contribution in [1.82, 2.24) is 25.0 Å². The van der Waals surface area contributed by atoms with Gasteiger partial charge in [-0.15, -0.1) is 0 Å². The summed E-state index contributed by atoms with van der Waals surface area (Å²) >= 11 is 0. The molecule has 2 fully saturated rings. The number of fused-ring (bicyclic) bond motifs is 1. The molecule has 0 spiro atoms. The number of aromatic nitrogens is 1.